The maximum atomic E-state index is 8.27. The highest BCUT2D eigenvalue weighted by Crippen LogP contribution is 1.95. The van der Waals surface area contributed by atoms with Gasteiger partial charge in [-0.25, -0.2) is 0 Å². The Bertz CT molecular complexity index is 135. The maximum Gasteiger partial charge on any atom is 0.0635 e. The summed E-state index contributed by atoms with van der Waals surface area (Å²) in [7, 11) is 1.99. The van der Waals surface area contributed by atoms with Crippen molar-refractivity contribution in [2.75, 3.05) is 13.6 Å². The lowest BCUT2D eigenvalue weighted by Gasteiger charge is -2.19. The Hall–Kier alpha value is -0.810. The van der Waals surface area contributed by atoms with Gasteiger partial charge in [0.15, 0.2) is 0 Å². The molecule has 0 aliphatic rings. The van der Waals surface area contributed by atoms with Crippen molar-refractivity contribution in [3.63, 3.8) is 0 Å². The molecule has 0 spiro atoms. The van der Waals surface area contributed by atoms with Crippen LogP contribution in [0.5, 0.6) is 0 Å². The highest BCUT2D eigenvalue weighted by molar-refractivity contribution is 4.83. The van der Waals surface area contributed by atoms with Crippen molar-refractivity contribution >= 4 is 0 Å². The van der Waals surface area contributed by atoms with E-state index in [1.165, 1.54) is 0 Å². The highest BCUT2D eigenvalue weighted by atomic mass is 15.1. The number of likely N-dealkylation sites (N-methyl/N-ethyl adjacent to an activating group) is 1. The summed E-state index contributed by atoms with van der Waals surface area (Å²) >= 11 is 0. The summed E-state index contributed by atoms with van der Waals surface area (Å²) in [4.78, 5) is 2.09. The first kappa shape index (κ1) is 9.19. The van der Waals surface area contributed by atoms with Crippen LogP contribution in [0.25, 0.3) is 0 Å². The summed E-state index contributed by atoms with van der Waals surface area (Å²) < 4.78 is 0. The fourth-order valence-electron chi connectivity index (χ4n) is 0.610. The van der Waals surface area contributed by atoms with E-state index in [0.717, 1.165) is 6.54 Å². The smallest absolute Gasteiger partial charge is 0.0635 e. The Kier molecular flexibility index (Phi) is 4.61. The van der Waals surface area contributed by atoms with Gasteiger partial charge in [0, 0.05) is 19.0 Å². The Morgan fingerprint density at radius 3 is 2.80 bits per heavy atom. The lowest BCUT2D eigenvalue weighted by Crippen LogP contribution is -2.27. The molecule has 0 aromatic carbocycles. The second-order valence-corrected chi connectivity index (χ2v) is 2.37. The summed E-state index contributed by atoms with van der Waals surface area (Å²) in [5, 5.41) is 8.27. The molecule has 0 heterocycles. The van der Waals surface area contributed by atoms with Gasteiger partial charge in [0.25, 0.3) is 0 Å². The van der Waals surface area contributed by atoms with Crippen molar-refractivity contribution in [2.45, 2.75) is 19.4 Å². The lowest BCUT2D eigenvalue weighted by molar-refractivity contribution is 0.304. The topological polar surface area (TPSA) is 27.0 Å². The molecule has 0 bridgehead atoms. The van der Waals surface area contributed by atoms with Crippen LogP contribution in [-0.2, 0) is 0 Å². The molecule has 2 nitrogen and oxygen atoms in total. The molecule has 0 N–H and O–H groups in total. The van der Waals surface area contributed by atoms with Crippen LogP contribution < -0.4 is 0 Å². The third-order valence-electron chi connectivity index (χ3n) is 1.61. The number of hydrogen-bond donors (Lipinski definition) is 0. The van der Waals surface area contributed by atoms with Crippen molar-refractivity contribution in [1.82, 2.24) is 4.90 Å². The average Bonchev–Trinajstić information content (AvgIpc) is 1.98. The summed E-state index contributed by atoms with van der Waals surface area (Å²) in [5.41, 5.74) is 0. The molecule has 0 aliphatic carbocycles. The van der Waals surface area contributed by atoms with Gasteiger partial charge in [-0.05, 0) is 14.0 Å². The third kappa shape index (κ3) is 3.26. The molecule has 56 valence electrons. The first-order valence-corrected chi connectivity index (χ1v) is 3.42. The molecule has 0 radical (unpaired) electrons. The van der Waals surface area contributed by atoms with Crippen LogP contribution in [0.1, 0.15) is 13.3 Å². The minimum Gasteiger partial charge on any atom is -0.299 e. The molecule has 10 heavy (non-hydrogen) atoms. The van der Waals surface area contributed by atoms with E-state index in [0.29, 0.717) is 12.5 Å². The van der Waals surface area contributed by atoms with Crippen molar-refractivity contribution in [1.29, 1.82) is 5.26 Å². The van der Waals surface area contributed by atoms with E-state index in [-0.39, 0.29) is 0 Å². The third-order valence-corrected chi connectivity index (χ3v) is 1.61. The zero-order chi connectivity index (χ0) is 7.98. The summed E-state index contributed by atoms with van der Waals surface area (Å²) in [6.07, 6.45) is 2.46. The van der Waals surface area contributed by atoms with Crippen LogP contribution in [0, 0.1) is 11.3 Å². The largest absolute Gasteiger partial charge is 0.299 e. The van der Waals surface area contributed by atoms with Gasteiger partial charge in [0.1, 0.15) is 0 Å². The lowest BCUT2D eigenvalue weighted by atomic mass is 10.3. The molecule has 0 aromatic heterocycles. The van der Waals surface area contributed by atoms with E-state index in [1.54, 1.807) is 0 Å². The predicted octanol–water partition coefficient (Wildman–Crippen LogP) is 1.41. The fourth-order valence-corrected chi connectivity index (χ4v) is 0.610. The number of hydrogen-bond acceptors (Lipinski definition) is 2. The van der Waals surface area contributed by atoms with Crippen LogP contribution in [0.3, 0.4) is 0 Å². The van der Waals surface area contributed by atoms with E-state index in [2.05, 4.69) is 24.5 Å². The Morgan fingerprint density at radius 1 is 1.80 bits per heavy atom. The van der Waals surface area contributed by atoms with Crippen molar-refractivity contribution in [3.8, 4) is 6.07 Å². The Morgan fingerprint density at radius 2 is 2.40 bits per heavy atom. The summed E-state index contributed by atoms with van der Waals surface area (Å²) in [6, 6.07) is 2.47. The predicted molar refractivity (Wildman–Crippen MR) is 42.5 cm³/mol. The molecule has 0 saturated heterocycles. The molecule has 0 amide bonds. The standard InChI is InChI=1S/C8H14N2/c1-4-8(2)10(3)7-5-6-9/h4,8H,1,5,7H2,2-3H3. The van der Waals surface area contributed by atoms with Crippen molar-refractivity contribution < 1.29 is 0 Å². The molecular weight excluding hydrogens is 124 g/mol. The van der Waals surface area contributed by atoms with Crippen LogP contribution in [-0.4, -0.2) is 24.5 Å². The SMILES string of the molecule is C=CC(C)N(C)CCC#N. The van der Waals surface area contributed by atoms with Crippen molar-refractivity contribution in [3.05, 3.63) is 12.7 Å². The van der Waals surface area contributed by atoms with Crippen LogP contribution in [0.4, 0.5) is 0 Å². The molecule has 0 saturated carbocycles. The molecule has 0 rings (SSSR count). The van der Waals surface area contributed by atoms with Gasteiger partial charge in [-0.2, -0.15) is 5.26 Å². The zero-order valence-corrected chi connectivity index (χ0v) is 6.67. The van der Waals surface area contributed by atoms with Crippen LogP contribution >= 0.6 is 0 Å². The second-order valence-electron chi connectivity index (χ2n) is 2.37. The Labute approximate surface area is 62.8 Å². The molecule has 1 unspecified atom stereocenters. The number of nitriles is 1. The van der Waals surface area contributed by atoms with Crippen molar-refractivity contribution in [2.24, 2.45) is 0 Å². The minimum absolute atomic E-state index is 0.369. The highest BCUT2D eigenvalue weighted by Gasteiger charge is 2.02. The van der Waals surface area contributed by atoms with E-state index in [9.17, 15) is 0 Å². The van der Waals surface area contributed by atoms with Gasteiger partial charge in [0.2, 0.25) is 0 Å². The quantitative estimate of drug-likeness (QED) is 0.549. The van der Waals surface area contributed by atoms with Gasteiger partial charge in [-0.1, -0.05) is 6.08 Å². The number of rotatable bonds is 4. The molecule has 0 aliphatic heterocycles. The fraction of sp³-hybridized carbons (Fsp3) is 0.625. The van der Waals surface area contributed by atoms with E-state index in [4.69, 9.17) is 5.26 Å². The van der Waals surface area contributed by atoms with Gasteiger partial charge < -0.3 is 0 Å². The number of nitrogens with zero attached hydrogens (tertiary/aromatic N) is 2. The van der Waals surface area contributed by atoms with Gasteiger partial charge in [-0.15, -0.1) is 6.58 Å². The maximum absolute atomic E-state index is 8.27. The normalized spacial score (nSPS) is 12.6. The average molecular weight is 138 g/mol. The first-order valence-electron chi connectivity index (χ1n) is 3.42. The monoisotopic (exact) mass is 138 g/mol. The molecule has 0 aromatic rings. The van der Waals surface area contributed by atoms with E-state index in [1.807, 2.05) is 13.1 Å². The summed E-state index contributed by atoms with van der Waals surface area (Å²) in [5.74, 6) is 0. The molecule has 2 heteroatoms. The van der Waals surface area contributed by atoms with E-state index >= 15 is 0 Å². The summed E-state index contributed by atoms with van der Waals surface area (Å²) in [6.45, 7) is 6.55. The second kappa shape index (κ2) is 5.01. The molecule has 0 fully saturated rings. The van der Waals surface area contributed by atoms with E-state index < -0.39 is 0 Å². The van der Waals surface area contributed by atoms with Gasteiger partial charge in [-0.3, -0.25) is 4.90 Å². The molecule has 1 atom stereocenters. The Balaban J connectivity index is 3.52. The minimum atomic E-state index is 0.369. The van der Waals surface area contributed by atoms with Crippen LogP contribution in [0.15, 0.2) is 12.7 Å². The van der Waals surface area contributed by atoms with Gasteiger partial charge >= 0.3 is 0 Å². The van der Waals surface area contributed by atoms with Crippen LogP contribution in [0.2, 0.25) is 0 Å². The molecular formula is C8H14N2. The van der Waals surface area contributed by atoms with Gasteiger partial charge in [0.05, 0.1) is 6.07 Å². The first-order chi connectivity index (χ1) is 4.72. The zero-order valence-electron chi connectivity index (χ0n) is 6.67.